The summed E-state index contributed by atoms with van der Waals surface area (Å²) >= 11 is 1.83. The number of carbonyl (C=O) groups is 2. The van der Waals surface area contributed by atoms with Crippen LogP contribution in [0.15, 0.2) is 0 Å². The van der Waals surface area contributed by atoms with Crippen LogP contribution in [0.4, 0.5) is 0 Å². The van der Waals surface area contributed by atoms with Gasteiger partial charge in [-0.2, -0.15) is 0 Å². The highest BCUT2D eigenvalue weighted by atomic mass is 32.2. The average Bonchev–Trinajstić information content (AvgIpc) is 2.91. The maximum Gasteiger partial charge on any atom is 0.306 e. The Morgan fingerprint density at radius 3 is 2.67 bits per heavy atom. The molecule has 86 valence electrons. The maximum absolute atomic E-state index is 11.0. The molecule has 15 heavy (non-hydrogen) atoms. The molecule has 0 aromatic carbocycles. The number of rotatable bonds is 7. The molecule has 5 heteroatoms. The highest BCUT2D eigenvalue weighted by Gasteiger charge is 2.38. The van der Waals surface area contributed by atoms with Crippen molar-refractivity contribution in [1.82, 2.24) is 0 Å². The van der Waals surface area contributed by atoms with Gasteiger partial charge < -0.3 is 9.84 Å². The number of hydrogen-bond donors (Lipinski definition) is 1. The Balaban J connectivity index is 2.01. The molecule has 1 saturated heterocycles. The highest BCUT2D eigenvalue weighted by molar-refractivity contribution is 8.07. The average molecular weight is 232 g/mol. The molecule has 1 rings (SSSR count). The summed E-state index contributed by atoms with van der Waals surface area (Å²) in [4.78, 5) is 21.2. The molecule has 0 aromatic rings. The second kappa shape index (κ2) is 6.00. The Kier molecular flexibility index (Phi) is 4.94. The van der Waals surface area contributed by atoms with E-state index in [0.717, 1.165) is 6.42 Å². The van der Waals surface area contributed by atoms with Crippen molar-refractivity contribution in [2.45, 2.75) is 43.1 Å². The Labute approximate surface area is 93.4 Å². The van der Waals surface area contributed by atoms with Crippen molar-refractivity contribution in [3.63, 3.8) is 0 Å². The lowest BCUT2D eigenvalue weighted by Gasteiger charge is -2.01. The molecule has 1 heterocycles. The van der Waals surface area contributed by atoms with Crippen LogP contribution in [-0.2, 0) is 14.3 Å². The molecule has 4 nitrogen and oxygen atoms in total. The van der Waals surface area contributed by atoms with Crippen molar-refractivity contribution < 1.29 is 19.4 Å². The van der Waals surface area contributed by atoms with Gasteiger partial charge in [0.15, 0.2) is 0 Å². The SMILES string of the molecule is CCC[C@@H]1S[C@@H]1COC(=O)CCC(=O)O. The van der Waals surface area contributed by atoms with E-state index in [-0.39, 0.29) is 12.8 Å². The zero-order valence-electron chi connectivity index (χ0n) is 8.77. The topological polar surface area (TPSA) is 63.6 Å². The minimum absolute atomic E-state index is 0.0227. The zero-order chi connectivity index (χ0) is 11.3. The summed E-state index contributed by atoms with van der Waals surface area (Å²) in [5, 5.41) is 9.44. The van der Waals surface area contributed by atoms with Gasteiger partial charge >= 0.3 is 11.9 Å². The van der Waals surface area contributed by atoms with Crippen molar-refractivity contribution in [3.8, 4) is 0 Å². The van der Waals surface area contributed by atoms with E-state index in [1.165, 1.54) is 6.42 Å². The zero-order valence-corrected chi connectivity index (χ0v) is 9.59. The van der Waals surface area contributed by atoms with Gasteiger partial charge in [-0.05, 0) is 6.42 Å². The Hall–Kier alpha value is -0.710. The quantitative estimate of drug-likeness (QED) is 0.534. The molecule has 0 bridgehead atoms. The molecular formula is C10H16O4S. The van der Waals surface area contributed by atoms with Gasteiger partial charge in [-0.15, -0.1) is 11.8 Å². The Bertz CT molecular complexity index is 242. The molecule has 2 atom stereocenters. The maximum atomic E-state index is 11.0. The predicted molar refractivity (Wildman–Crippen MR) is 57.9 cm³/mol. The second-order valence-electron chi connectivity index (χ2n) is 3.58. The van der Waals surface area contributed by atoms with Crippen molar-refractivity contribution in [3.05, 3.63) is 0 Å². The van der Waals surface area contributed by atoms with E-state index in [0.29, 0.717) is 17.1 Å². The fraction of sp³-hybridized carbons (Fsp3) is 0.800. The summed E-state index contributed by atoms with van der Waals surface area (Å²) in [6, 6.07) is 0. The minimum atomic E-state index is -0.961. The van der Waals surface area contributed by atoms with Crippen LogP contribution in [0.5, 0.6) is 0 Å². The third-order valence-electron chi connectivity index (χ3n) is 2.21. The molecule has 1 aliphatic rings. The Morgan fingerprint density at radius 1 is 1.33 bits per heavy atom. The lowest BCUT2D eigenvalue weighted by molar-refractivity contribution is -0.147. The van der Waals surface area contributed by atoms with Gasteiger partial charge in [0.05, 0.1) is 18.1 Å². The number of carboxylic acids is 1. The first kappa shape index (κ1) is 12.4. The van der Waals surface area contributed by atoms with E-state index in [1.807, 2.05) is 11.8 Å². The van der Waals surface area contributed by atoms with Gasteiger partial charge in [-0.25, -0.2) is 0 Å². The number of aliphatic carboxylic acids is 1. The molecule has 1 N–H and O–H groups in total. The Morgan fingerprint density at radius 2 is 2.07 bits per heavy atom. The number of esters is 1. The van der Waals surface area contributed by atoms with Crippen LogP contribution in [0.1, 0.15) is 32.6 Å². The van der Waals surface area contributed by atoms with Crippen molar-refractivity contribution in [1.29, 1.82) is 0 Å². The molecule has 0 unspecified atom stereocenters. The summed E-state index contributed by atoms with van der Waals surface area (Å²) in [7, 11) is 0. The van der Waals surface area contributed by atoms with E-state index in [1.54, 1.807) is 0 Å². The fourth-order valence-corrected chi connectivity index (χ4v) is 2.41. The first-order chi connectivity index (χ1) is 7.13. The van der Waals surface area contributed by atoms with Crippen LogP contribution in [0.25, 0.3) is 0 Å². The fourth-order valence-electron chi connectivity index (χ4n) is 1.32. The first-order valence-electron chi connectivity index (χ1n) is 5.16. The van der Waals surface area contributed by atoms with Gasteiger partial charge in [0, 0.05) is 5.25 Å². The van der Waals surface area contributed by atoms with Gasteiger partial charge in [0.25, 0.3) is 0 Å². The molecule has 1 aliphatic heterocycles. The predicted octanol–water partition coefficient (Wildman–Crippen LogP) is 1.68. The van der Waals surface area contributed by atoms with Crippen molar-refractivity contribution in [2.24, 2.45) is 0 Å². The van der Waals surface area contributed by atoms with E-state index >= 15 is 0 Å². The van der Waals surface area contributed by atoms with Crippen LogP contribution in [0.2, 0.25) is 0 Å². The number of ether oxygens (including phenoxy) is 1. The molecule has 1 fully saturated rings. The van der Waals surface area contributed by atoms with E-state index in [2.05, 4.69) is 6.92 Å². The highest BCUT2D eigenvalue weighted by Crippen LogP contribution is 2.44. The van der Waals surface area contributed by atoms with E-state index < -0.39 is 11.9 Å². The summed E-state index contributed by atoms with van der Waals surface area (Å²) in [6.07, 6.45) is 2.16. The van der Waals surface area contributed by atoms with Crippen LogP contribution in [-0.4, -0.2) is 34.2 Å². The lowest BCUT2D eigenvalue weighted by Crippen LogP contribution is -2.12. The molecule has 0 radical (unpaired) electrons. The molecule has 0 amide bonds. The van der Waals surface area contributed by atoms with Crippen LogP contribution in [0, 0.1) is 0 Å². The standard InChI is InChI=1S/C10H16O4S/c1-2-3-7-8(15-7)6-14-10(13)5-4-9(11)12/h7-8H,2-6H2,1H3,(H,11,12)/t7-,8+/m0/s1. The third-order valence-corrected chi connectivity index (χ3v) is 3.63. The summed E-state index contributed by atoms with van der Waals surface area (Å²) in [5.41, 5.74) is 0. The monoisotopic (exact) mass is 232 g/mol. The second-order valence-corrected chi connectivity index (χ2v) is 5.06. The van der Waals surface area contributed by atoms with Gasteiger partial charge in [0.1, 0.15) is 6.61 Å². The van der Waals surface area contributed by atoms with E-state index in [4.69, 9.17) is 9.84 Å². The van der Waals surface area contributed by atoms with Crippen molar-refractivity contribution in [2.75, 3.05) is 6.61 Å². The molecule has 0 spiro atoms. The third kappa shape index (κ3) is 5.06. The van der Waals surface area contributed by atoms with Crippen molar-refractivity contribution >= 4 is 23.7 Å². The minimum Gasteiger partial charge on any atom is -0.481 e. The van der Waals surface area contributed by atoms with Crippen LogP contribution in [0.3, 0.4) is 0 Å². The molecular weight excluding hydrogens is 216 g/mol. The number of carbonyl (C=O) groups excluding carboxylic acids is 1. The lowest BCUT2D eigenvalue weighted by atomic mass is 10.2. The largest absolute Gasteiger partial charge is 0.481 e. The number of carboxylic acid groups (broad SMARTS) is 1. The van der Waals surface area contributed by atoms with Crippen LogP contribution >= 0.6 is 11.8 Å². The van der Waals surface area contributed by atoms with Gasteiger partial charge in [-0.1, -0.05) is 13.3 Å². The summed E-state index contributed by atoms with van der Waals surface area (Å²) < 4.78 is 4.97. The van der Waals surface area contributed by atoms with Gasteiger partial charge in [-0.3, -0.25) is 9.59 Å². The normalized spacial score (nSPS) is 23.5. The van der Waals surface area contributed by atoms with E-state index in [9.17, 15) is 9.59 Å². The first-order valence-corrected chi connectivity index (χ1v) is 6.10. The summed E-state index contributed by atoms with van der Waals surface area (Å²) in [5.74, 6) is -1.36. The smallest absolute Gasteiger partial charge is 0.306 e. The van der Waals surface area contributed by atoms with Gasteiger partial charge in [0.2, 0.25) is 0 Å². The molecule has 0 aliphatic carbocycles. The molecule has 0 aromatic heterocycles. The number of hydrogen-bond acceptors (Lipinski definition) is 4. The van der Waals surface area contributed by atoms with Crippen LogP contribution < -0.4 is 0 Å². The number of thioether (sulfide) groups is 1. The molecule has 0 saturated carbocycles. The summed E-state index contributed by atoms with van der Waals surface area (Å²) in [6.45, 7) is 2.57.